The quantitative estimate of drug-likeness (QED) is 0.306. The maximum absolute atomic E-state index is 14.4. The van der Waals surface area contributed by atoms with Gasteiger partial charge in [-0.1, -0.05) is 54.6 Å². The van der Waals surface area contributed by atoms with E-state index in [0.29, 0.717) is 11.1 Å². The smallest absolute Gasteiger partial charge is 0.265 e. The third kappa shape index (κ3) is 3.57. The van der Waals surface area contributed by atoms with Gasteiger partial charge in [0.05, 0.1) is 36.3 Å². The van der Waals surface area contributed by atoms with Crippen molar-refractivity contribution in [1.29, 1.82) is 0 Å². The summed E-state index contributed by atoms with van der Waals surface area (Å²) in [6.07, 6.45) is 0.0563. The third-order valence-corrected chi connectivity index (χ3v) is 9.02. The van der Waals surface area contributed by atoms with Gasteiger partial charge in [0.25, 0.3) is 10.0 Å². The van der Waals surface area contributed by atoms with Crippen LogP contribution in [0.4, 0.5) is 10.1 Å². The van der Waals surface area contributed by atoms with Crippen molar-refractivity contribution in [3.05, 3.63) is 118 Å². The molecule has 9 heteroatoms. The summed E-state index contributed by atoms with van der Waals surface area (Å²) >= 11 is 0. The van der Waals surface area contributed by atoms with Crippen LogP contribution < -0.4 is 13.8 Å². The van der Waals surface area contributed by atoms with Gasteiger partial charge in [-0.3, -0.25) is 13.9 Å². The predicted molar refractivity (Wildman–Crippen MR) is 142 cm³/mol. The van der Waals surface area contributed by atoms with Crippen LogP contribution in [0.3, 0.4) is 0 Å². The van der Waals surface area contributed by atoms with E-state index in [1.54, 1.807) is 48.5 Å². The highest BCUT2D eigenvalue weighted by atomic mass is 32.2. The number of methoxy groups -OCH3 is 2. The van der Waals surface area contributed by atoms with E-state index in [1.807, 2.05) is 0 Å². The van der Waals surface area contributed by atoms with Crippen molar-refractivity contribution in [2.24, 2.45) is 0 Å². The Morgan fingerprint density at radius 3 is 1.97 bits per heavy atom. The number of rotatable bonds is 5. The van der Waals surface area contributed by atoms with Crippen molar-refractivity contribution in [2.75, 3.05) is 18.5 Å². The third-order valence-electron chi connectivity index (χ3n) is 7.19. The van der Waals surface area contributed by atoms with Gasteiger partial charge in [-0.05, 0) is 29.8 Å². The van der Waals surface area contributed by atoms with Crippen LogP contribution in [0, 0.1) is 5.82 Å². The first kappa shape index (κ1) is 24.8. The van der Waals surface area contributed by atoms with Crippen LogP contribution in [0.25, 0.3) is 0 Å². The number of halogens is 1. The Balaban J connectivity index is 1.70. The molecule has 1 aliphatic heterocycles. The molecule has 4 aromatic carbocycles. The Bertz CT molecular complexity index is 1790. The van der Waals surface area contributed by atoms with Crippen LogP contribution in [0.5, 0.6) is 11.5 Å². The monoisotopic (exact) mass is 543 g/mol. The summed E-state index contributed by atoms with van der Waals surface area (Å²) in [5.74, 6) is -1.39. The predicted octanol–water partition coefficient (Wildman–Crippen LogP) is 5.11. The molecule has 6 rings (SSSR count). The highest BCUT2D eigenvalue weighted by molar-refractivity contribution is 7.92. The largest absolute Gasteiger partial charge is 0.496 e. The van der Waals surface area contributed by atoms with E-state index in [1.165, 1.54) is 44.6 Å². The standard InChI is InChI=1S/C30H22FNO6S/c1-37-29-22-16-23(17-9-8-10-18(31)15-17)32(39(35,36)19-11-4-3-5-12-19)26(22)30(38-2)25-24(29)27(33)20-13-6-7-14-21(20)28(25)34/h3-15,23H,16H2,1-2H3. The molecule has 0 aromatic heterocycles. The number of nitrogens with zero attached hydrogens (tertiary/aromatic N) is 1. The Labute approximate surface area is 224 Å². The van der Waals surface area contributed by atoms with E-state index >= 15 is 0 Å². The van der Waals surface area contributed by atoms with Gasteiger partial charge >= 0.3 is 0 Å². The summed E-state index contributed by atoms with van der Waals surface area (Å²) in [5.41, 5.74) is 1.23. The molecule has 1 unspecified atom stereocenters. The summed E-state index contributed by atoms with van der Waals surface area (Å²) in [4.78, 5) is 27.6. The second-order valence-corrected chi connectivity index (χ2v) is 11.1. The van der Waals surface area contributed by atoms with Gasteiger partial charge in [-0.15, -0.1) is 0 Å². The molecule has 0 N–H and O–H groups in total. The SMILES string of the molecule is COc1c2c(c(OC)c3c1C(=O)c1ccccc1C3=O)N(S(=O)(=O)c1ccccc1)C(c1cccc(F)c1)C2. The zero-order valence-electron chi connectivity index (χ0n) is 21.0. The van der Waals surface area contributed by atoms with Crippen LogP contribution in [0.15, 0.2) is 83.8 Å². The van der Waals surface area contributed by atoms with Crippen molar-refractivity contribution in [1.82, 2.24) is 0 Å². The summed E-state index contributed by atoms with van der Waals surface area (Å²) < 4.78 is 55.5. The summed E-state index contributed by atoms with van der Waals surface area (Å²) in [6.45, 7) is 0. The molecule has 4 aromatic rings. The minimum Gasteiger partial charge on any atom is -0.496 e. The molecule has 1 aliphatic carbocycles. The average molecular weight is 544 g/mol. The van der Waals surface area contributed by atoms with Crippen molar-refractivity contribution < 1.29 is 31.9 Å². The van der Waals surface area contributed by atoms with E-state index in [0.717, 1.165) is 4.31 Å². The molecule has 0 radical (unpaired) electrons. The first-order valence-corrected chi connectivity index (χ1v) is 13.6. The number of ether oxygens (including phenoxy) is 2. The molecule has 0 fully saturated rings. The van der Waals surface area contributed by atoms with E-state index in [2.05, 4.69) is 0 Å². The lowest BCUT2D eigenvalue weighted by Gasteiger charge is -2.30. The number of anilines is 1. The maximum Gasteiger partial charge on any atom is 0.265 e. The number of benzene rings is 4. The van der Waals surface area contributed by atoms with Crippen LogP contribution >= 0.6 is 0 Å². The fourth-order valence-corrected chi connectivity index (χ4v) is 7.26. The van der Waals surface area contributed by atoms with Crippen LogP contribution in [-0.2, 0) is 16.4 Å². The highest BCUT2D eigenvalue weighted by Gasteiger charge is 2.48. The van der Waals surface area contributed by atoms with E-state index in [4.69, 9.17) is 9.47 Å². The first-order valence-electron chi connectivity index (χ1n) is 12.1. The van der Waals surface area contributed by atoms with Crippen molar-refractivity contribution in [3.8, 4) is 11.5 Å². The Morgan fingerprint density at radius 1 is 0.795 bits per heavy atom. The zero-order chi connectivity index (χ0) is 27.5. The lowest BCUT2D eigenvalue weighted by Crippen LogP contribution is -2.33. The van der Waals surface area contributed by atoms with Gasteiger partial charge in [-0.25, -0.2) is 12.8 Å². The Morgan fingerprint density at radius 2 is 1.38 bits per heavy atom. The molecule has 0 amide bonds. The number of fused-ring (bicyclic) bond motifs is 3. The second-order valence-electron chi connectivity index (χ2n) is 9.24. The van der Waals surface area contributed by atoms with Crippen molar-refractivity contribution in [2.45, 2.75) is 17.4 Å². The molecule has 0 saturated heterocycles. The molecule has 7 nitrogen and oxygen atoms in total. The molecule has 2 aliphatic rings. The molecule has 1 atom stereocenters. The summed E-state index contributed by atoms with van der Waals surface area (Å²) in [5, 5.41) is 0. The first-order chi connectivity index (χ1) is 18.8. The number of ketones is 2. The number of hydrogen-bond donors (Lipinski definition) is 0. The molecule has 39 heavy (non-hydrogen) atoms. The lowest BCUT2D eigenvalue weighted by atomic mass is 9.81. The van der Waals surface area contributed by atoms with Crippen LogP contribution in [0.1, 0.15) is 49.0 Å². The molecule has 0 bridgehead atoms. The van der Waals surface area contributed by atoms with E-state index in [9.17, 15) is 22.4 Å². The van der Waals surface area contributed by atoms with Gasteiger partial charge in [0, 0.05) is 23.1 Å². The lowest BCUT2D eigenvalue weighted by molar-refractivity contribution is 0.0974. The van der Waals surface area contributed by atoms with E-state index in [-0.39, 0.29) is 50.8 Å². The molecular formula is C30H22FNO6S. The molecule has 1 heterocycles. The van der Waals surface area contributed by atoms with E-state index < -0.39 is 33.4 Å². The molecule has 0 spiro atoms. The Kier molecular flexibility index (Phi) is 5.76. The zero-order valence-corrected chi connectivity index (χ0v) is 21.8. The highest BCUT2D eigenvalue weighted by Crippen LogP contribution is 2.56. The van der Waals surface area contributed by atoms with Crippen LogP contribution in [0.2, 0.25) is 0 Å². The average Bonchev–Trinajstić information content (AvgIpc) is 3.36. The molecule has 0 saturated carbocycles. The number of sulfonamides is 1. The molecular weight excluding hydrogens is 521 g/mol. The summed E-state index contributed by atoms with van der Waals surface area (Å²) in [7, 11) is -1.57. The number of hydrogen-bond acceptors (Lipinski definition) is 6. The van der Waals surface area contributed by atoms with Gasteiger partial charge < -0.3 is 9.47 Å². The second kappa shape index (κ2) is 9.06. The fourth-order valence-electron chi connectivity index (χ4n) is 5.56. The topological polar surface area (TPSA) is 90.0 Å². The fraction of sp³-hybridized carbons (Fsp3) is 0.133. The normalized spacial score (nSPS) is 16.0. The van der Waals surface area contributed by atoms with Crippen molar-refractivity contribution in [3.63, 3.8) is 0 Å². The van der Waals surface area contributed by atoms with Gasteiger partial charge in [0.1, 0.15) is 17.3 Å². The van der Waals surface area contributed by atoms with Gasteiger partial charge in [0.2, 0.25) is 0 Å². The Hall–Kier alpha value is -4.50. The minimum absolute atomic E-state index is 0.00532. The van der Waals surface area contributed by atoms with Gasteiger partial charge in [0.15, 0.2) is 17.3 Å². The van der Waals surface area contributed by atoms with Crippen LogP contribution in [-0.4, -0.2) is 34.2 Å². The van der Waals surface area contributed by atoms with Crippen molar-refractivity contribution >= 4 is 27.3 Å². The number of carbonyl (C=O) groups is 2. The number of carbonyl (C=O) groups excluding carboxylic acids is 2. The van der Waals surface area contributed by atoms with Gasteiger partial charge in [-0.2, -0.15) is 0 Å². The molecule has 196 valence electrons. The minimum atomic E-state index is -4.26. The maximum atomic E-state index is 14.4. The summed E-state index contributed by atoms with van der Waals surface area (Å²) in [6, 6.07) is 19.0.